The van der Waals surface area contributed by atoms with Crippen LogP contribution in [0.1, 0.15) is 65.8 Å². The average Bonchev–Trinajstić information content (AvgIpc) is 3.80. The van der Waals surface area contributed by atoms with Crippen LogP contribution in [0.25, 0.3) is 50.5 Å². The molecule has 14 nitrogen and oxygen atoms in total. The summed E-state index contributed by atoms with van der Waals surface area (Å²) in [6, 6.07) is 31.8. The van der Waals surface area contributed by atoms with Gasteiger partial charge in [-0.1, -0.05) is 48.7 Å². The molecule has 3 heterocycles. The first-order chi connectivity index (χ1) is 32.3. The van der Waals surface area contributed by atoms with Gasteiger partial charge >= 0.3 is 0 Å². The third kappa shape index (κ3) is 10.7. The number of nitrogens with one attached hydrogen (secondary N) is 2. The van der Waals surface area contributed by atoms with Crippen molar-refractivity contribution in [1.29, 1.82) is 0 Å². The van der Waals surface area contributed by atoms with Crippen molar-refractivity contribution >= 4 is 51.7 Å². The van der Waals surface area contributed by atoms with Crippen LogP contribution >= 0.6 is 11.6 Å². The first kappa shape index (κ1) is 46.1. The van der Waals surface area contributed by atoms with E-state index in [9.17, 15) is 14.7 Å². The Morgan fingerprint density at radius 3 is 2.52 bits per heavy atom. The van der Waals surface area contributed by atoms with E-state index in [1.54, 1.807) is 16.6 Å². The minimum Gasteiger partial charge on any atom is -0.545 e. The maximum atomic E-state index is 13.3. The average molecular weight is 921 g/mol. The van der Waals surface area contributed by atoms with Gasteiger partial charge in [0, 0.05) is 94.9 Å². The quantitative estimate of drug-likeness (QED) is 0.0485. The molecule has 4 aromatic carbocycles. The largest absolute Gasteiger partial charge is 0.545 e. The number of carboxylic acids is 1. The van der Waals surface area contributed by atoms with Crippen molar-refractivity contribution in [3.63, 3.8) is 0 Å². The molecule has 1 amide bonds. The number of carbonyl (C=O) groups excluding carboxylic acids is 2. The molecular weight excluding hydrogens is 868 g/mol. The number of nitrogens with zero attached hydrogens (tertiary/aromatic N) is 6. The van der Waals surface area contributed by atoms with E-state index in [-0.39, 0.29) is 23.1 Å². The van der Waals surface area contributed by atoms with Crippen LogP contribution in [0.2, 0.25) is 5.02 Å². The van der Waals surface area contributed by atoms with Gasteiger partial charge in [0.1, 0.15) is 49.1 Å². The molecule has 0 unspecified atom stereocenters. The van der Waals surface area contributed by atoms with E-state index in [0.29, 0.717) is 70.2 Å². The molecule has 0 atom stereocenters. The SMILES string of the molecule is CC(C)Oc1cc(Cl)ccc1CNc1cc(-c2cccc(OCCCCCCNC(=O)c3ccc(-c4c5ccc(=[N+](C)C)cc-5oc5cc(N(C)C)ccc45)c(C(=O)[O-])c3)c2)nc2ncnn12. The second kappa shape index (κ2) is 20.4. The molecule has 0 fully saturated rings. The fourth-order valence-electron chi connectivity index (χ4n) is 7.92. The number of carboxylic acid groups (broad SMARTS) is 1. The Labute approximate surface area is 393 Å². The van der Waals surface area contributed by atoms with E-state index in [1.165, 1.54) is 12.4 Å². The summed E-state index contributed by atoms with van der Waals surface area (Å²) >= 11 is 6.27. The summed E-state index contributed by atoms with van der Waals surface area (Å²) in [6.45, 7) is 5.38. The van der Waals surface area contributed by atoms with Crippen molar-refractivity contribution in [3.8, 4) is 45.2 Å². The summed E-state index contributed by atoms with van der Waals surface area (Å²) in [7, 11) is 7.79. The van der Waals surface area contributed by atoms with Crippen LogP contribution in [0.3, 0.4) is 0 Å². The van der Waals surface area contributed by atoms with Gasteiger partial charge in [-0.3, -0.25) is 4.79 Å². The van der Waals surface area contributed by atoms with Crippen LogP contribution in [0.15, 0.2) is 114 Å². The zero-order valence-corrected chi connectivity index (χ0v) is 39.2. The third-order valence-electron chi connectivity index (χ3n) is 11.4. The zero-order chi connectivity index (χ0) is 47.2. The van der Waals surface area contributed by atoms with Crippen LogP contribution in [0, 0.1) is 0 Å². The van der Waals surface area contributed by atoms with Gasteiger partial charge in [-0.05, 0) is 86.8 Å². The summed E-state index contributed by atoms with van der Waals surface area (Å²) in [5.41, 5.74) is 6.11. The smallest absolute Gasteiger partial charge is 0.254 e. The van der Waals surface area contributed by atoms with E-state index in [2.05, 4.69) is 20.7 Å². The number of aromatic nitrogens is 4. The summed E-state index contributed by atoms with van der Waals surface area (Å²) in [5, 5.41) is 25.8. The molecule has 2 aliphatic rings. The molecule has 0 saturated heterocycles. The summed E-state index contributed by atoms with van der Waals surface area (Å²) < 4.78 is 22.2. The Kier molecular flexibility index (Phi) is 14.0. The molecule has 6 aromatic rings. The number of amides is 1. The molecular formula is C52H53ClN8O6. The number of halogens is 1. The van der Waals surface area contributed by atoms with Gasteiger partial charge in [0.15, 0.2) is 0 Å². The highest BCUT2D eigenvalue weighted by Crippen LogP contribution is 2.42. The van der Waals surface area contributed by atoms with E-state index in [1.807, 2.05) is 136 Å². The summed E-state index contributed by atoms with van der Waals surface area (Å²) in [6.07, 6.45) is 4.81. The minimum atomic E-state index is -1.38. The van der Waals surface area contributed by atoms with Crippen LogP contribution in [-0.2, 0) is 6.54 Å². The third-order valence-corrected chi connectivity index (χ3v) is 11.6. The number of aromatic carboxylic acids is 1. The van der Waals surface area contributed by atoms with E-state index in [4.69, 9.17) is 30.5 Å². The van der Waals surface area contributed by atoms with E-state index in [0.717, 1.165) is 64.6 Å². The minimum absolute atomic E-state index is 0.00685. The van der Waals surface area contributed by atoms with Crippen molar-refractivity contribution in [2.75, 3.05) is 51.6 Å². The van der Waals surface area contributed by atoms with Gasteiger partial charge in [0.05, 0.1) is 30.4 Å². The molecule has 2 N–H and O–H groups in total. The van der Waals surface area contributed by atoms with Crippen molar-refractivity contribution in [3.05, 3.63) is 137 Å². The lowest BCUT2D eigenvalue weighted by Crippen LogP contribution is -2.27. The number of ether oxygens (including phenoxy) is 2. The Morgan fingerprint density at radius 1 is 0.910 bits per heavy atom. The number of carbonyl (C=O) groups is 2. The molecule has 0 saturated carbocycles. The highest BCUT2D eigenvalue weighted by molar-refractivity contribution is 6.30. The second-order valence-corrected chi connectivity index (χ2v) is 17.4. The van der Waals surface area contributed by atoms with Gasteiger partial charge in [-0.15, -0.1) is 0 Å². The Hall–Kier alpha value is -7.45. The first-order valence-electron chi connectivity index (χ1n) is 22.3. The number of anilines is 2. The molecule has 1 aliphatic carbocycles. The second-order valence-electron chi connectivity index (χ2n) is 17.0. The molecule has 0 spiro atoms. The number of fused-ring (bicyclic) bond motifs is 3. The van der Waals surface area contributed by atoms with Crippen LogP contribution in [0.5, 0.6) is 11.5 Å². The zero-order valence-electron chi connectivity index (χ0n) is 38.4. The standard InChI is InChI=1S/C52H53ClN8O6/c1-32(2)66-45-26-36(53)16-14-35(45)30-55-48-29-44(58-52-56-31-57-61(48)52)33-12-11-13-39(24-33)65-23-10-8-7-9-22-54-50(62)34-15-19-40(43(25-34)51(63)64)49-41-20-17-37(59(3)4)27-46(41)67-47-28-38(60(5)6)18-21-42(47)49/h11-21,24-29,31-32H,7-10,22-23,30H2,1-6H3,(H2-,54,55,56,57,58,62,63,64). The summed E-state index contributed by atoms with van der Waals surface area (Å²) in [4.78, 5) is 37.1. The number of unbranched alkanes of at least 4 members (excludes halogenated alkanes) is 3. The van der Waals surface area contributed by atoms with Gasteiger partial charge in [-0.25, -0.2) is 9.56 Å². The lowest BCUT2D eigenvalue weighted by molar-refractivity contribution is -0.254. The molecule has 15 heteroatoms. The Balaban J connectivity index is 0.859. The van der Waals surface area contributed by atoms with Gasteiger partial charge in [-0.2, -0.15) is 14.6 Å². The van der Waals surface area contributed by atoms with Crippen molar-refractivity contribution in [2.24, 2.45) is 0 Å². The fourth-order valence-corrected chi connectivity index (χ4v) is 8.08. The normalized spacial score (nSPS) is 11.3. The van der Waals surface area contributed by atoms with Crippen LogP contribution in [0.4, 0.5) is 11.5 Å². The fraction of sp³-hybridized carbons (Fsp3) is 0.269. The predicted molar refractivity (Wildman–Crippen MR) is 261 cm³/mol. The van der Waals surface area contributed by atoms with E-state index >= 15 is 0 Å². The molecule has 0 bridgehead atoms. The maximum absolute atomic E-state index is 13.3. The Morgan fingerprint density at radius 2 is 1.73 bits per heavy atom. The number of hydrogen-bond donors (Lipinski definition) is 2. The maximum Gasteiger partial charge on any atom is 0.254 e. The van der Waals surface area contributed by atoms with Gasteiger partial charge in [0.25, 0.3) is 11.7 Å². The van der Waals surface area contributed by atoms with Crippen LogP contribution in [-0.4, -0.2) is 78.9 Å². The Bertz CT molecular complexity index is 3140. The van der Waals surface area contributed by atoms with E-state index < -0.39 is 5.97 Å². The monoisotopic (exact) mass is 920 g/mol. The lowest BCUT2D eigenvalue weighted by atomic mass is 9.89. The highest BCUT2D eigenvalue weighted by Gasteiger charge is 2.22. The number of rotatable bonds is 18. The topological polar surface area (TPSA) is 162 Å². The number of benzene rings is 5. The predicted octanol–water partition coefficient (Wildman–Crippen LogP) is 8.19. The van der Waals surface area contributed by atoms with Crippen molar-refractivity contribution in [1.82, 2.24) is 29.5 Å². The molecule has 0 radical (unpaired) electrons. The van der Waals surface area contributed by atoms with Crippen molar-refractivity contribution in [2.45, 2.75) is 52.2 Å². The van der Waals surface area contributed by atoms with Crippen molar-refractivity contribution < 1.29 is 28.6 Å². The first-order valence-corrected chi connectivity index (χ1v) is 22.7. The molecule has 8 rings (SSSR count). The number of hydrogen-bond acceptors (Lipinski definition) is 11. The summed E-state index contributed by atoms with van der Waals surface area (Å²) in [5.74, 6) is 1.49. The van der Waals surface area contributed by atoms with Crippen LogP contribution < -0.4 is 40.0 Å². The molecule has 67 heavy (non-hydrogen) atoms. The van der Waals surface area contributed by atoms with Gasteiger partial charge < -0.3 is 39.3 Å². The molecule has 344 valence electrons. The molecule has 1 aliphatic heterocycles. The van der Waals surface area contributed by atoms with Gasteiger partial charge in [0.2, 0.25) is 5.36 Å². The highest BCUT2D eigenvalue weighted by atomic mass is 35.5. The lowest BCUT2D eigenvalue weighted by Gasteiger charge is -2.20. The molecule has 2 aromatic heterocycles.